The van der Waals surface area contributed by atoms with Gasteiger partial charge in [-0.15, -0.1) is 11.3 Å². The van der Waals surface area contributed by atoms with Crippen LogP contribution in [0.3, 0.4) is 0 Å². The Balaban J connectivity index is 1.84. The fourth-order valence-corrected chi connectivity index (χ4v) is 4.86. The number of nitrogens with two attached hydrogens (primary N) is 1. The third-order valence-electron chi connectivity index (χ3n) is 4.58. The van der Waals surface area contributed by atoms with E-state index in [0.29, 0.717) is 6.04 Å². The van der Waals surface area contributed by atoms with E-state index in [0.717, 1.165) is 17.8 Å². The van der Waals surface area contributed by atoms with Crippen LogP contribution in [0.5, 0.6) is 0 Å². The molecule has 2 aliphatic rings. The number of rotatable bonds is 3. The van der Waals surface area contributed by atoms with Gasteiger partial charge in [-0.2, -0.15) is 0 Å². The maximum atomic E-state index is 5.80. The molecule has 1 heterocycles. The van der Waals surface area contributed by atoms with E-state index in [-0.39, 0.29) is 0 Å². The maximum Gasteiger partial charge on any atom is 0.0586 e. The Bertz CT molecular complexity index is 374. The van der Waals surface area contributed by atoms with Gasteiger partial charge in [0.25, 0.3) is 0 Å². The van der Waals surface area contributed by atoms with E-state index in [9.17, 15) is 0 Å². The van der Waals surface area contributed by atoms with Crippen LogP contribution in [-0.4, -0.2) is 0 Å². The minimum absolute atomic E-state index is 0.398. The van der Waals surface area contributed by atoms with E-state index in [1.807, 2.05) is 11.3 Å². The molecule has 2 aliphatic carbocycles. The summed E-state index contributed by atoms with van der Waals surface area (Å²) in [6.45, 7) is 2.20. The van der Waals surface area contributed by atoms with E-state index in [1.54, 1.807) is 0 Å². The van der Waals surface area contributed by atoms with Crippen molar-refractivity contribution in [3.8, 4) is 0 Å². The smallest absolute Gasteiger partial charge is 0.0586 e. The summed E-state index contributed by atoms with van der Waals surface area (Å²) in [7, 11) is 0. The first kappa shape index (κ1) is 10.8. The van der Waals surface area contributed by atoms with Crippen molar-refractivity contribution in [2.75, 3.05) is 0 Å². The van der Waals surface area contributed by atoms with E-state index < -0.39 is 0 Å². The number of hydrazine groups is 1. The van der Waals surface area contributed by atoms with Crippen LogP contribution in [0.2, 0.25) is 0 Å². The van der Waals surface area contributed by atoms with Crippen molar-refractivity contribution in [2.24, 2.45) is 23.6 Å². The molecule has 2 nitrogen and oxygen atoms in total. The number of hydrogen-bond donors (Lipinski definition) is 2. The average molecular weight is 236 g/mol. The zero-order valence-corrected chi connectivity index (χ0v) is 10.6. The molecular weight excluding hydrogens is 216 g/mol. The predicted octanol–water partition coefficient (Wildman–Crippen LogP) is 3.00. The number of aryl methyl sites for hydroxylation is 1. The molecule has 1 aromatic rings. The van der Waals surface area contributed by atoms with Gasteiger partial charge < -0.3 is 0 Å². The molecule has 0 saturated heterocycles. The molecule has 4 atom stereocenters. The molecule has 0 aliphatic heterocycles. The van der Waals surface area contributed by atoms with Crippen molar-refractivity contribution in [1.82, 2.24) is 5.43 Å². The molecule has 3 rings (SSSR count). The first-order valence-corrected chi connectivity index (χ1v) is 7.17. The Morgan fingerprint density at radius 1 is 1.44 bits per heavy atom. The monoisotopic (exact) mass is 236 g/mol. The largest absolute Gasteiger partial charge is 0.271 e. The molecule has 2 bridgehead atoms. The van der Waals surface area contributed by atoms with Crippen LogP contribution in [0.25, 0.3) is 0 Å². The number of fused-ring (bicyclic) bond motifs is 2. The Kier molecular flexibility index (Phi) is 2.78. The van der Waals surface area contributed by atoms with Gasteiger partial charge in [0.2, 0.25) is 0 Å². The van der Waals surface area contributed by atoms with E-state index >= 15 is 0 Å². The Hall–Kier alpha value is -0.380. The van der Waals surface area contributed by atoms with Crippen LogP contribution in [0.15, 0.2) is 11.4 Å². The van der Waals surface area contributed by atoms with Crippen molar-refractivity contribution >= 4 is 11.3 Å². The topological polar surface area (TPSA) is 38.0 Å². The summed E-state index contributed by atoms with van der Waals surface area (Å²) in [5.74, 6) is 8.50. The Morgan fingerprint density at radius 2 is 2.31 bits per heavy atom. The molecule has 0 radical (unpaired) electrons. The van der Waals surface area contributed by atoms with Crippen LogP contribution < -0.4 is 11.3 Å². The van der Waals surface area contributed by atoms with Crippen molar-refractivity contribution in [2.45, 2.75) is 38.6 Å². The molecule has 16 heavy (non-hydrogen) atoms. The third-order valence-corrected chi connectivity index (χ3v) is 5.69. The summed E-state index contributed by atoms with van der Waals surface area (Å²) in [4.78, 5) is 1.46. The summed E-state index contributed by atoms with van der Waals surface area (Å²) < 4.78 is 0. The van der Waals surface area contributed by atoms with Gasteiger partial charge in [-0.3, -0.25) is 11.3 Å². The van der Waals surface area contributed by atoms with Crippen LogP contribution in [0, 0.1) is 24.7 Å². The third kappa shape index (κ3) is 1.62. The SMILES string of the molecule is Cc1ccsc1C(NN)C1CC2CCC1C2. The average Bonchev–Trinajstić information content (AvgIpc) is 2.97. The van der Waals surface area contributed by atoms with Gasteiger partial charge >= 0.3 is 0 Å². The Morgan fingerprint density at radius 3 is 2.81 bits per heavy atom. The molecule has 88 valence electrons. The van der Waals surface area contributed by atoms with Gasteiger partial charge in [-0.25, -0.2) is 0 Å². The quantitative estimate of drug-likeness (QED) is 0.625. The van der Waals surface area contributed by atoms with Gasteiger partial charge in [0.1, 0.15) is 0 Å². The summed E-state index contributed by atoms with van der Waals surface area (Å²) >= 11 is 1.85. The highest BCUT2D eigenvalue weighted by Gasteiger charge is 2.43. The summed E-state index contributed by atoms with van der Waals surface area (Å²) in [5, 5.41) is 2.18. The first-order valence-electron chi connectivity index (χ1n) is 6.29. The van der Waals surface area contributed by atoms with Crippen LogP contribution in [-0.2, 0) is 0 Å². The molecule has 3 heteroatoms. The number of thiophene rings is 1. The van der Waals surface area contributed by atoms with Crippen molar-refractivity contribution in [3.05, 3.63) is 21.9 Å². The van der Waals surface area contributed by atoms with Gasteiger partial charge in [-0.05, 0) is 60.9 Å². The van der Waals surface area contributed by atoms with E-state index in [1.165, 1.54) is 36.1 Å². The normalized spacial score (nSPS) is 34.5. The maximum absolute atomic E-state index is 5.80. The highest BCUT2D eigenvalue weighted by molar-refractivity contribution is 7.10. The highest BCUT2D eigenvalue weighted by atomic mass is 32.1. The minimum atomic E-state index is 0.398. The van der Waals surface area contributed by atoms with Gasteiger partial charge in [0, 0.05) is 4.88 Å². The second kappa shape index (κ2) is 4.13. The van der Waals surface area contributed by atoms with Crippen molar-refractivity contribution in [1.29, 1.82) is 0 Å². The lowest BCUT2D eigenvalue weighted by Gasteiger charge is -2.29. The molecule has 2 saturated carbocycles. The second-order valence-corrected chi connectivity index (χ2v) is 6.40. The Labute approximate surface area is 101 Å². The van der Waals surface area contributed by atoms with Gasteiger partial charge in [-0.1, -0.05) is 6.42 Å². The fraction of sp³-hybridized carbons (Fsp3) is 0.692. The fourth-order valence-electron chi connectivity index (χ4n) is 3.80. The molecule has 2 fully saturated rings. The standard InChI is InChI=1S/C13H20N2S/c1-8-4-5-16-13(8)12(15-14)11-7-9-2-3-10(11)6-9/h4-5,9-12,15H,2-3,6-7,14H2,1H3. The second-order valence-electron chi connectivity index (χ2n) is 5.45. The van der Waals surface area contributed by atoms with Crippen LogP contribution in [0.4, 0.5) is 0 Å². The molecular formula is C13H20N2S. The number of hydrogen-bond acceptors (Lipinski definition) is 3. The van der Waals surface area contributed by atoms with Crippen LogP contribution in [0.1, 0.15) is 42.2 Å². The lowest BCUT2D eigenvalue weighted by Crippen LogP contribution is -2.35. The van der Waals surface area contributed by atoms with E-state index in [4.69, 9.17) is 5.84 Å². The molecule has 0 aromatic carbocycles. The summed E-state index contributed by atoms with van der Waals surface area (Å²) in [6, 6.07) is 2.60. The zero-order chi connectivity index (χ0) is 11.1. The molecule has 0 amide bonds. The first-order chi connectivity index (χ1) is 7.79. The zero-order valence-electron chi connectivity index (χ0n) is 9.78. The summed E-state index contributed by atoms with van der Waals surface area (Å²) in [6.07, 6.45) is 5.73. The molecule has 4 unspecified atom stereocenters. The predicted molar refractivity (Wildman–Crippen MR) is 68.1 cm³/mol. The lowest BCUT2D eigenvalue weighted by molar-refractivity contribution is 0.254. The van der Waals surface area contributed by atoms with Gasteiger partial charge in [0.05, 0.1) is 6.04 Å². The van der Waals surface area contributed by atoms with Crippen molar-refractivity contribution < 1.29 is 0 Å². The highest BCUT2D eigenvalue weighted by Crippen LogP contribution is 2.53. The van der Waals surface area contributed by atoms with E-state index in [2.05, 4.69) is 23.8 Å². The number of nitrogens with one attached hydrogen (secondary N) is 1. The molecule has 1 aromatic heterocycles. The minimum Gasteiger partial charge on any atom is -0.271 e. The lowest BCUT2D eigenvalue weighted by atomic mass is 9.82. The summed E-state index contributed by atoms with van der Waals surface area (Å²) in [5.41, 5.74) is 4.48. The molecule has 0 spiro atoms. The van der Waals surface area contributed by atoms with Gasteiger partial charge in [0.15, 0.2) is 0 Å². The van der Waals surface area contributed by atoms with Crippen LogP contribution >= 0.6 is 11.3 Å². The van der Waals surface area contributed by atoms with Crippen molar-refractivity contribution in [3.63, 3.8) is 0 Å². The molecule has 3 N–H and O–H groups in total.